The van der Waals surface area contributed by atoms with Crippen molar-refractivity contribution in [2.24, 2.45) is 0 Å². The fraction of sp³-hybridized carbons (Fsp3) is 0.857. The van der Waals surface area contributed by atoms with Gasteiger partial charge in [0.1, 0.15) is 0 Å². The molecule has 78 valence electrons. The predicted octanol–water partition coefficient (Wildman–Crippen LogP) is 2.41. The number of halogens is 1. The average molecular weight is 229 g/mol. The average Bonchev–Trinajstić information content (AvgIpc) is 2.17. The first-order chi connectivity index (χ1) is 6.10. The number of carbonyl (C=O) groups excluding carboxylic acids is 1. The quantitative estimate of drug-likeness (QED) is 0.381. The van der Waals surface area contributed by atoms with Crippen LogP contribution in [0, 0.1) is 0 Å². The van der Waals surface area contributed by atoms with Gasteiger partial charge in [-0.15, -0.1) is 11.6 Å². The van der Waals surface area contributed by atoms with Gasteiger partial charge in [0.2, 0.25) is 5.52 Å². The third kappa shape index (κ3) is 4.23. The molecular formula is C7H14ClO4P. The first-order valence-corrected chi connectivity index (χ1v) is 5.99. The Morgan fingerprint density at radius 1 is 1.31 bits per heavy atom. The predicted molar refractivity (Wildman–Crippen MR) is 51.2 cm³/mol. The Labute approximate surface area is 83.1 Å². The van der Waals surface area contributed by atoms with E-state index in [1.54, 1.807) is 0 Å². The van der Waals surface area contributed by atoms with Crippen molar-refractivity contribution in [3.05, 3.63) is 0 Å². The van der Waals surface area contributed by atoms with Crippen LogP contribution in [0.1, 0.15) is 19.3 Å². The van der Waals surface area contributed by atoms with Crippen molar-refractivity contribution in [1.29, 1.82) is 0 Å². The molecule has 0 heterocycles. The lowest BCUT2D eigenvalue weighted by Gasteiger charge is -2.11. The number of unbranched alkanes of at least 4 members (excludes halogenated alkanes) is 1. The summed E-state index contributed by atoms with van der Waals surface area (Å²) >= 11 is 5.42. The molecule has 13 heavy (non-hydrogen) atoms. The molecule has 0 fully saturated rings. The van der Waals surface area contributed by atoms with E-state index < -0.39 is 13.1 Å². The second-order valence-electron chi connectivity index (χ2n) is 2.40. The van der Waals surface area contributed by atoms with Crippen LogP contribution < -0.4 is 0 Å². The lowest BCUT2D eigenvalue weighted by atomic mass is 10.3. The second kappa shape index (κ2) is 6.55. The molecule has 0 bridgehead atoms. The fourth-order valence-electron chi connectivity index (χ4n) is 0.786. The number of hydrogen-bond donors (Lipinski definition) is 0. The first kappa shape index (κ1) is 13.1. The fourth-order valence-corrected chi connectivity index (χ4v) is 1.96. The van der Waals surface area contributed by atoms with E-state index >= 15 is 0 Å². The SMILES string of the molecule is COP(=O)(OC)C(=O)CCCCCl. The lowest BCUT2D eigenvalue weighted by Crippen LogP contribution is -2.03. The molecule has 0 saturated heterocycles. The Kier molecular flexibility index (Phi) is 6.60. The number of hydrogen-bond acceptors (Lipinski definition) is 4. The summed E-state index contributed by atoms with van der Waals surface area (Å²) in [5.74, 6) is 0.498. The summed E-state index contributed by atoms with van der Waals surface area (Å²) in [6.07, 6.45) is 1.52. The molecule has 0 aliphatic carbocycles. The van der Waals surface area contributed by atoms with Crippen LogP contribution in [0.2, 0.25) is 0 Å². The summed E-state index contributed by atoms with van der Waals surface area (Å²) in [6, 6.07) is 0. The van der Waals surface area contributed by atoms with E-state index in [4.69, 9.17) is 11.6 Å². The minimum atomic E-state index is -3.49. The number of carbonyl (C=O) groups is 1. The van der Waals surface area contributed by atoms with E-state index in [2.05, 4.69) is 9.05 Å². The summed E-state index contributed by atoms with van der Waals surface area (Å²) < 4.78 is 20.5. The van der Waals surface area contributed by atoms with Gasteiger partial charge in [-0.3, -0.25) is 9.36 Å². The van der Waals surface area contributed by atoms with Crippen molar-refractivity contribution in [1.82, 2.24) is 0 Å². The monoisotopic (exact) mass is 228 g/mol. The summed E-state index contributed by atoms with van der Waals surface area (Å²) in [7, 11) is -1.10. The Hall–Kier alpha value is 0.110. The normalized spacial score (nSPS) is 11.6. The molecule has 0 aromatic heterocycles. The molecule has 0 unspecified atom stereocenters. The zero-order chi connectivity index (χ0) is 10.3. The maximum Gasteiger partial charge on any atom is 0.396 e. The molecule has 0 amide bonds. The molecule has 0 radical (unpaired) electrons. The van der Waals surface area contributed by atoms with E-state index in [9.17, 15) is 9.36 Å². The number of alkyl halides is 1. The molecule has 0 aliphatic rings. The molecule has 0 spiro atoms. The highest BCUT2D eigenvalue weighted by atomic mass is 35.5. The highest BCUT2D eigenvalue weighted by molar-refractivity contribution is 7.71. The number of rotatable bonds is 7. The minimum absolute atomic E-state index is 0.186. The standard InChI is InChI=1S/C7H14ClO4P/c1-11-13(10,12-2)7(9)5-3-4-6-8/h3-6H2,1-2H3. The zero-order valence-corrected chi connectivity index (χ0v) is 9.44. The largest absolute Gasteiger partial charge is 0.396 e. The van der Waals surface area contributed by atoms with Crippen molar-refractivity contribution in [2.75, 3.05) is 20.1 Å². The topological polar surface area (TPSA) is 52.6 Å². The van der Waals surface area contributed by atoms with Gasteiger partial charge in [-0.05, 0) is 12.8 Å². The summed E-state index contributed by atoms with van der Waals surface area (Å²) in [6.45, 7) is 0. The summed E-state index contributed by atoms with van der Waals surface area (Å²) in [5, 5.41) is 0. The molecule has 0 N–H and O–H groups in total. The lowest BCUT2D eigenvalue weighted by molar-refractivity contribution is -0.113. The molecule has 0 aromatic carbocycles. The Balaban J connectivity index is 4.01. The van der Waals surface area contributed by atoms with Crippen LogP contribution in [0.4, 0.5) is 0 Å². The van der Waals surface area contributed by atoms with Gasteiger partial charge < -0.3 is 9.05 Å². The maximum atomic E-state index is 11.4. The van der Waals surface area contributed by atoms with Gasteiger partial charge in [0.25, 0.3) is 0 Å². The van der Waals surface area contributed by atoms with Gasteiger partial charge in [-0.2, -0.15) is 0 Å². The van der Waals surface area contributed by atoms with E-state index in [-0.39, 0.29) is 6.42 Å². The van der Waals surface area contributed by atoms with Crippen LogP contribution in [0.25, 0.3) is 0 Å². The van der Waals surface area contributed by atoms with Crippen LogP contribution >= 0.6 is 19.2 Å². The van der Waals surface area contributed by atoms with Crippen molar-refractivity contribution >= 4 is 24.7 Å². The van der Waals surface area contributed by atoms with Gasteiger partial charge >= 0.3 is 7.60 Å². The molecule has 6 heteroatoms. The molecular weight excluding hydrogens is 214 g/mol. The Bertz CT molecular complexity index is 199. The van der Waals surface area contributed by atoms with E-state index in [0.717, 1.165) is 6.42 Å². The van der Waals surface area contributed by atoms with Gasteiger partial charge in [0.05, 0.1) is 0 Å². The molecule has 0 saturated carbocycles. The van der Waals surface area contributed by atoms with E-state index in [0.29, 0.717) is 12.3 Å². The van der Waals surface area contributed by atoms with Crippen molar-refractivity contribution < 1.29 is 18.4 Å². The first-order valence-electron chi connectivity index (χ1n) is 3.91. The van der Waals surface area contributed by atoms with Gasteiger partial charge in [0, 0.05) is 26.5 Å². The van der Waals surface area contributed by atoms with Crippen LogP contribution in [0.3, 0.4) is 0 Å². The maximum absolute atomic E-state index is 11.4. The van der Waals surface area contributed by atoms with Crippen LogP contribution in [0.15, 0.2) is 0 Å². The van der Waals surface area contributed by atoms with Crippen molar-refractivity contribution in [3.63, 3.8) is 0 Å². The van der Waals surface area contributed by atoms with E-state index in [1.807, 2.05) is 0 Å². The minimum Gasteiger partial charge on any atom is -0.307 e. The highest BCUT2D eigenvalue weighted by Crippen LogP contribution is 2.48. The Morgan fingerprint density at radius 3 is 2.23 bits per heavy atom. The van der Waals surface area contributed by atoms with Gasteiger partial charge in [-0.25, -0.2) is 0 Å². The summed E-state index contributed by atoms with van der Waals surface area (Å²) in [4.78, 5) is 11.2. The second-order valence-corrected chi connectivity index (χ2v) is 5.00. The van der Waals surface area contributed by atoms with Crippen molar-refractivity contribution in [3.8, 4) is 0 Å². The Morgan fingerprint density at radius 2 is 1.85 bits per heavy atom. The molecule has 4 nitrogen and oxygen atoms in total. The van der Waals surface area contributed by atoms with Crippen molar-refractivity contribution in [2.45, 2.75) is 19.3 Å². The highest BCUT2D eigenvalue weighted by Gasteiger charge is 2.30. The molecule has 0 atom stereocenters. The van der Waals surface area contributed by atoms with Gasteiger partial charge in [-0.1, -0.05) is 0 Å². The smallest absolute Gasteiger partial charge is 0.307 e. The van der Waals surface area contributed by atoms with E-state index in [1.165, 1.54) is 14.2 Å². The molecule has 0 aromatic rings. The summed E-state index contributed by atoms with van der Waals surface area (Å²) in [5.41, 5.74) is -0.484. The third-order valence-electron chi connectivity index (χ3n) is 1.56. The molecule has 0 aliphatic heterocycles. The van der Waals surface area contributed by atoms with Crippen LogP contribution in [0.5, 0.6) is 0 Å². The zero-order valence-electron chi connectivity index (χ0n) is 7.79. The van der Waals surface area contributed by atoms with Crippen LogP contribution in [-0.2, 0) is 18.4 Å². The van der Waals surface area contributed by atoms with Gasteiger partial charge in [0.15, 0.2) is 0 Å². The third-order valence-corrected chi connectivity index (χ3v) is 3.62. The molecule has 0 rings (SSSR count). The van der Waals surface area contributed by atoms with Crippen LogP contribution in [-0.4, -0.2) is 25.6 Å².